The van der Waals surface area contributed by atoms with Gasteiger partial charge >= 0.3 is 0 Å². The Bertz CT molecular complexity index is 833. The number of hydrogen-bond acceptors (Lipinski definition) is 4. The van der Waals surface area contributed by atoms with Crippen LogP contribution < -0.4 is 15.4 Å². The lowest BCUT2D eigenvalue weighted by Crippen LogP contribution is -2.40. The SMILES string of the molecule is CCNC(=NCC1CCCN(C)C1c1cccs1)NC(C)c1ccc(OC)c(F)c1.I. The third kappa shape index (κ3) is 6.79. The fraction of sp³-hybridized carbons (Fsp3) is 0.522. The number of thiophene rings is 1. The number of nitrogens with one attached hydrogen (secondary N) is 2. The van der Waals surface area contributed by atoms with E-state index >= 15 is 0 Å². The van der Waals surface area contributed by atoms with E-state index in [-0.39, 0.29) is 41.6 Å². The van der Waals surface area contributed by atoms with Gasteiger partial charge in [-0.1, -0.05) is 12.1 Å². The van der Waals surface area contributed by atoms with Crippen LogP contribution in [0.2, 0.25) is 0 Å². The van der Waals surface area contributed by atoms with Crippen LogP contribution in [0.25, 0.3) is 0 Å². The minimum Gasteiger partial charge on any atom is -0.494 e. The molecule has 1 saturated heterocycles. The number of nitrogens with zero attached hydrogens (tertiary/aromatic N) is 2. The van der Waals surface area contributed by atoms with Crippen LogP contribution in [0.15, 0.2) is 40.7 Å². The van der Waals surface area contributed by atoms with Gasteiger partial charge in [0.15, 0.2) is 17.5 Å². The summed E-state index contributed by atoms with van der Waals surface area (Å²) in [4.78, 5) is 8.78. The number of halogens is 2. The van der Waals surface area contributed by atoms with Gasteiger partial charge in [-0.2, -0.15) is 0 Å². The lowest BCUT2D eigenvalue weighted by atomic mass is 9.88. The van der Waals surface area contributed by atoms with Crippen molar-refractivity contribution in [3.05, 3.63) is 52.0 Å². The van der Waals surface area contributed by atoms with Gasteiger partial charge in [0.05, 0.1) is 13.2 Å². The first-order chi connectivity index (χ1) is 14.5. The van der Waals surface area contributed by atoms with E-state index in [0.717, 1.165) is 31.2 Å². The Morgan fingerprint density at radius 2 is 2.19 bits per heavy atom. The molecule has 1 aromatic heterocycles. The van der Waals surface area contributed by atoms with Gasteiger partial charge < -0.3 is 15.4 Å². The van der Waals surface area contributed by atoms with Gasteiger partial charge in [0.2, 0.25) is 0 Å². The molecule has 172 valence electrons. The first-order valence-corrected chi connectivity index (χ1v) is 11.5. The van der Waals surface area contributed by atoms with Crippen molar-refractivity contribution in [1.82, 2.24) is 15.5 Å². The van der Waals surface area contributed by atoms with Crippen molar-refractivity contribution in [2.24, 2.45) is 10.9 Å². The molecule has 0 amide bonds. The van der Waals surface area contributed by atoms with E-state index in [0.29, 0.717) is 12.0 Å². The van der Waals surface area contributed by atoms with Crippen molar-refractivity contribution in [3.8, 4) is 5.75 Å². The van der Waals surface area contributed by atoms with Crippen molar-refractivity contribution < 1.29 is 9.13 Å². The van der Waals surface area contributed by atoms with Crippen LogP contribution in [0.3, 0.4) is 0 Å². The molecule has 8 heteroatoms. The van der Waals surface area contributed by atoms with Gasteiger partial charge in [0.1, 0.15) is 0 Å². The number of methoxy groups -OCH3 is 1. The number of benzene rings is 1. The minimum absolute atomic E-state index is 0. The smallest absolute Gasteiger partial charge is 0.191 e. The van der Waals surface area contributed by atoms with Gasteiger partial charge in [-0.05, 0) is 75.3 Å². The zero-order chi connectivity index (χ0) is 21.5. The van der Waals surface area contributed by atoms with Crippen molar-refractivity contribution in [3.63, 3.8) is 0 Å². The summed E-state index contributed by atoms with van der Waals surface area (Å²) in [6, 6.07) is 9.76. The molecule has 1 aliphatic rings. The summed E-state index contributed by atoms with van der Waals surface area (Å²) in [7, 11) is 3.69. The van der Waals surface area contributed by atoms with E-state index < -0.39 is 0 Å². The van der Waals surface area contributed by atoms with E-state index in [2.05, 4.69) is 47.0 Å². The third-order valence-electron chi connectivity index (χ3n) is 5.70. The maximum Gasteiger partial charge on any atom is 0.191 e. The molecule has 2 N–H and O–H groups in total. The third-order valence-corrected chi connectivity index (χ3v) is 6.64. The fourth-order valence-corrected chi connectivity index (χ4v) is 5.11. The van der Waals surface area contributed by atoms with Crippen LogP contribution in [0, 0.1) is 11.7 Å². The van der Waals surface area contributed by atoms with Crippen LogP contribution in [0.5, 0.6) is 5.75 Å². The molecule has 31 heavy (non-hydrogen) atoms. The average molecular weight is 561 g/mol. The molecular formula is C23H34FIN4OS. The average Bonchev–Trinajstić information content (AvgIpc) is 3.26. The Labute approximate surface area is 206 Å². The van der Waals surface area contributed by atoms with Gasteiger partial charge in [-0.25, -0.2) is 4.39 Å². The highest BCUT2D eigenvalue weighted by molar-refractivity contribution is 14.0. The first kappa shape index (κ1) is 25.9. The first-order valence-electron chi connectivity index (χ1n) is 10.6. The molecule has 0 radical (unpaired) electrons. The lowest BCUT2D eigenvalue weighted by Gasteiger charge is -2.38. The van der Waals surface area contributed by atoms with E-state index in [1.165, 1.54) is 30.9 Å². The van der Waals surface area contributed by atoms with E-state index in [1.54, 1.807) is 6.07 Å². The summed E-state index contributed by atoms with van der Waals surface area (Å²) >= 11 is 1.83. The molecule has 1 fully saturated rings. The van der Waals surface area contributed by atoms with E-state index in [4.69, 9.17) is 9.73 Å². The normalized spacial score (nSPS) is 20.6. The van der Waals surface area contributed by atoms with Crippen LogP contribution >= 0.6 is 35.3 Å². The number of hydrogen-bond donors (Lipinski definition) is 2. The van der Waals surface area contributed by atoms with Crippen molar-refractivity contribution in [2.75, 3.05) is 33.8 Å². The van der Waals surface area contributed by atoms with Crippen molar-refractivity contribution >= 4 is 41.3 Å². The van der Waals surface area contributed by atoms with E-state index in [9.17, 15) is 4.39 Å². The maximum atomic E-state index is 14.1. The molecule has 1 aromatic carbocycles. The lowest BCUT2D eigenvalue weighted by molar-refractivity contribution is 0.128. The second-order valence-corrected chi connectivity index (χ2v) is 8.80. The maximum absolute atomic E-state index is 14.1. The molecule has 1 aliphatic heterocycles. The molecule has 5 nitrogen and oxygen atoms in total. The zero-order valence-corrected chi connectivity index (χ0v) is 21.9. The Balaban J connectivity index is 0.00000341. The number of piperidine rings is 1. The highest BCUT2D eigenvalue weighted by Gasteiger charge is 2.31. The Morgan fingerprint density at radius 3 is 2.84 bits per heavy atom. The van der Waals surface area contributed by atoms with Gasteiger partial charge in [0.25, 0.3) is 0 Å². The number of rotatable bonds is 7. The van der Waals surface area contributed by atoms with Crippen molar-refractivity contribution in [1.29, 1.82) is 0 Å². The van der Waals surface area contributed by atoms with E-state index in [1.807, 2.05) is 24.3 Å². The van der Waals surface area contributed by atoms with Crippen molar-refractivity contribution in [2.45, 2.75) is 38.8 Å². The van der Waals surface area contributed by atoms with Gasteiger partial charge in [-0.15, -0.1) is 35.3 Å². The largest absolute Gasteiger partial charge is 0.494 e. The predicted octanol–water partition coefficient (Wildman–Crippen LogP) is 5.21. The number of likely N-dealkylation sites (tertiary alicyclic amines) is 1. The second kappa shape index (κ2) is 12.6. The summed E-state index contributed by atoms with van der Waals surface area (Å²) in [6.45, 7) is 6.72. The summed E-state index contributed by atoms with van der Waals surface area (Å²) in [5, 5.41) is 8.90. The number of aliphatic imine (C=N–C) groups is 1. The standard InChI is InChI=1S/C23H33FN4OS.HI/c1-5-25-23(27-16(2)17-10-11-20(29-4)19(24)14-17)26-15-18-8-6-12-28(3)22(18)21-9-7-13-30-21;/h7,9-11,13-14,16,18,22H,5-6,8,12,15H2,1-4H3,(H2,25,26,27);1H. The number of guanidine groups is 1. The Morgan fingerprint density at radius 1 is 1.39 bits per heavy atom. The highest BCUT2D eigenvalue weighted by atomic mass is 127. The summed E-state index contributed by atoms with van der Waals surface area (Å²) in [5.74, 6) is 1.15. The molecule has 0 saturated carbocycles. The molecule has 3 atom stereocenters. The van der Waals surface area contributed by atoms with Crippen LogP contribution in [-0.2, 0) is 0 Å². The number of ether oxygens (including phenoxy) is 1. The van der Waals surface area contributed by atoms with Crippen LogP contribution in [0.4, 0.5) is 4.39 Å². The van der Waals surface area contributed by atoms with Gasteiger partial charge in [-0.3, -0.25) is 9.89 Å². The summed E-state index contributed by atoms with van der Waals surface area (Å²) in [5.41, 5.74) is 0.854. The zero-order valence-electron chi connectivity index (χ0n) is 18.7. The topological polar surface area (TPSA) is 48.9 Å². The molecular weight excluding hydrogens is 526 g/mol. The monoisotopic (exact) mass is 560 g/mol. The minimum atomic E-state index is -0.352. The quantitative estimate of drug-likeness (QED) is 0.277. The Hall–Kier alpha value is -1.39. The molecule has 3 unspecified atom stereocenters. The fourth-order valence-electron chi connectivity index (χ4n) is 4.13. The summed E-state index contributed by atoms with van der Waals surface area (Å²) < 4.78 is 19.1. The molecule has 0 spiro atoms. The van der Waals surface area contributed by atoms with Gasteiger partial charge in [0, 0.05) is 24.0 Å². The van der Waals surface area contributed by atoms with Crippen LogP contribution in [0.1, 0.15) is 49.2 Å². The highest BCUT2D eigenvalue weighted by Crippen LogP contribution is 2.37. The van der Waals surface area contributed by atoms with Crippen LogP contribution in [-0.4, -0.2) is 44.7 Å². The second-order valence-electron chi connectivity index (χ2n) is 7.82. The Kier molecular flexibility index (Phi) is 10.5. The molecule has 2 aromatic rings. The predicted molar refractivity (Wildman–Crippen MR) is 138 cm³/mol. The molecule has 0 aliphatic carbocycles. The molecule has 3 rings (SSSR count). The molecule has 0 bridgehead atoms. The summed E-state index contributed by atoms with van der Waals surface area (Å²) in [6.07, 6.45) is 2.37. The molecule has 2 heterocycles.